The predicted molar refractivity (Wildman–Crippen MR) is 124 cm³/mol. The summed E-state index contributed by atoms with van der Waals surface area (Å²) in [5, 5.41) is 0.508. The first-order valence-electron chi connectivity index (χ1n) is 11.7. The molecule has 0 bridgehead atoms. The summed E-state index contributed by atoms with van der Waals surface area (Å²) in [4.78, 5) is 17.9. The highest BCUT2D eigenvalue weighted by Gasteiger charge is 2.36. The van der Waals surface area contributed by atoms with Crippen LogP contribution in [-0.4, -0.2) is 54.6 Å². The van der Waals surface area contributed by atoms with E-state index in [0.717, 1.165) is 58.2 Å². The highest BCUT2D eigenvalue weighted by atomic mass is 35.5. The first-order chi connectivity index (χ1) is 14.6. The van der Waals surface area contributed by atoms with Gasteiger partial charge in [0.25, 0.3) is 0 Å². The van der Waals surface area contributed by atoms with E-state index in [1.807, 2.05) is 0 Å². The molecule has 1 unspecified atom stereocenters. The molecule has 0 spiro atoms. The Bertz CT molecular complexity index is 701. The average Bonchev–Trinajstić information content (AvgIpc) is 3.03. The fourth-order valence-corrected chi connectivity index (χ4v) is 5.70. The van der Waals surface area contributed by atoms with Crippen LogP contribution in [0, 0.1) is 17.7 Å². The third kappa shape index (κ3) is 6.13. The monoisotopic (exact) mass is 472 g/mol. The number of piperidine rings is 1. The minimum Gasteiger partial charge on any atom is -0.381 e. The topological polar surface area (TPSA) is 32.8 Å². The van der Waals surface area contributed by atoms with Gasteiger partial charge < -0.3 is 9.64 Å². The van der Waals surface area contributed by atoms with Gasteiger partial charge in [0.2, 0.25) is 5.91 Å². The molecule has 3 saturated heterocycles. The summed E-state index contributed by atoms with van der Waals surface area (Å²) in [6, 6.07) is 5.27. The maximum absolute atomic E-state index is 14.2. The minimum atomic E-state index is -0.221. The van der Waals surface area contributed by atoms with Gasteiger partial charge in [0.1, 0.15) is 5.82 Å². The molecule has 3 aliphatic rings. The van der Waals surface area contributed by atoms with E-state index in [1.165, 1.54) is 18.9 Å². The van der Waals surface area contributed by atoms with Gasteiger partial charge >= 0.3 is 0 Å². The summed E-state index contributed by atoms with van der Waals surface area (Å²) in [6.07, 6.45) is 8.54. The molecular weight excluding hydrogens is 438 g/mol. The van der Waals surface area contributed by atoms with Gasteiger partial charge in [0.05, 0.1) is 0 Å². The lowest BCUT2D eigenvalue weighted by Gasteiger charge is -2.42. The minimum absolute atomic E-state index is 0. The number of halogens is 3. The van der Waals surface area contributed by atoms with Crippen LogP contribution in [0.5, 0.6) is 0 Å². The molecule has 0 N–H and O–H groups in total. The summed E-state index contributed by atoms with van der Waals surface area (Å²) in [5.41, 5.74) is 0.600. The van der Waals surface area contributed by atoms with E-state index in [9.17, 15) is 9.18 Å². The van der Waals surface area contributed by atoms with Crippen LogP contribution in [-0.2, 0) is 16.1 Å². The number of nitrogens with zero attached hydrogens (tertiary/aromatic N) is 2. The quantitative estimate of drug-likeness (QED) is 0.594. The SMILES string of the molecule is Cl.O=C(C1CCOCC1)N1CCCCCC1C1CCN(Cc2c(F)cccc2Cl)CC1. The largest absolute Gasteiger partial charge is 0.381 e. The summed E-state index contributed by atoms with van der Waals surface area (Å²) < 4.78 is 19.6. The maximum Gasteiger partial charge on any atom is 0.226 e. The average molecular weight is 473 g/mol. The maximum atomic E-state index is 14.2. The van der Waals surface area contributed by atoms with Crippen LogP contribution >= 0.6 is 24.0 Å². The normalized spacial score (nSPS) is 24.5. The van der Waals surface area contributed by atoms with Crippen molar-refractivity contribution in [1.29, 1.82) is 0 Å². The third-order valence-electron chi connectivity index (χ3n) is 7.27. The smallest absolute Gasteiger partial charge is 0.226 e. The highest BCUT2D eigenvalue weighted by molar-refractivity contribution is 6.31. The molecule has 31 heavy (non-hydrogen) atoms. The lowest BCUT2D eigenvalue weighted by molar-refractivity contribution is -0.142. The zero-order chi connectivity index (χ0) is 20.9. The van der Waals surface area contributed by atoms with Crippen molar-refractivity contribution in [3.63, 3.8) is 0 Å². The van der Waals surface area contributed by atoms with Crippen molar-refractivity contribution in [2.75, 3.05) is 32.8 Å². The molecule has 3 fully saturated rings. The predicted octanol–water partition coefficient (Wildman–Crippen LogP) is 5.31. The van der Waals surface area contributed by atoms with E-state index in [1.54, 1.807) is 12.1 Å². The van der Waals surface area contributed by atoms with Crippen LogP contribution in [0.15, 0.2) is 18.2 Å². The number of hydrogen-bond acceptors (Lipinski definition) is 3. The second-order valence-corrected chi connectivity index (χ2v) is 9.56. The Labute approximate surface area is 196 Å². The fraction of sp³-hybridized carbons (Fsp3) is 0.708. The van der Waals surface area contributed by atoms with E-state index in [4.69, 9.17) is 16.3 Å². The molecule has 0 radical (unpaired) electrons. The Morgan fingerprint density at radius 2 is 1.77 bits per heavy atom. The number of ether oxygens (including phenoxy) is 1. The van der Waals surface area contributed by atoms with Gasteiger partial charge in [-0.3, -0.25) is 9.69 Å². The van der Waals surface area contributed by atoms with Gasteiger partial charge in [-0.1, -0.05) is 30.5 Å². The van der Waals surface area contributed by atoms with Crippen LogP contribution in [0.4, 0.5) is 4.39 Å². The molecule has 1 aromatic carbocycles. The Morgan fingerprint density at radius 3 is 2.48 bits per heavy atom. The van der Waals surface area contributed by atoms with Crippen molar-refractivity contribution in [1.82, 2.24) is 9.80 Å². The van der Waals surface area contributed by atoms with Crippen molar-refractivity contribution in [2.24, 2.45) is 11.8 Å². The molecule has 4 rings (SSSR count). The van der Waals surface area contributed by atoms with Gasteiger partial charge in [-0.2, -0.15) is 0 Å². The summed E-state index contributed by atoms with van der Waals surface area (Å²) in [6.45, 7) is 4.77. The fourth-order valence-electron chi connectivity index (χ4n) is 5.48. The molecule has 1 amide bonds. The number of hydrogen-bond donors (Lipinski definition) is 0. The van der Waals surface area contributed by atoms with E-state index >= 15 is 0 Å². The van der Waals surface area contributed by atoms with Crippen molar-refractivity contribution in [3.8, 4) is 0 Å². The second kappa shape index (κ2) is 11.8. The standard InChI is InChI=1S/C24H34ClFN2O2.ClH/c25-21-5-4-6-22(26)20(21)17-27-13-8-18(9-14-27)23-7-2-1-3-12-28(23)24(29)19-10-15-30-16-11-19;/h4-6,18-19,23H,1-3,7-17H2;1H. The molecular formula is C24H35Cl2FN2O2. The zero-order valence-corrected chi connectivity index (χ0v) is 19.8. The van der Waals surface area contributed by atoms with E-state index in [2.05, 4.69) is 9.80 Å². The van der Waals surface area contributed by atoms with E-state index < -0.39 is 0 Å². The molecule has 0 saturated carbocycles. The molecule has 0 aliphatic carbocycles. The second-order valence-electron chi connectivity index (χ2n) is 9.15. The van der Waals surface area contributed by atoms with Gasteiger partial charge in [-0.15, -0.1) is 12.4 Å². The summed E-state index contributed by atoms with van der Waals surface area (Å²) in [5.74, 6) is 0.828. The molecule has 0 aromatic heterocycles. The number of likely N-dealkylation sites (tertiary alicyclic amines) is 2. The van der Waals surface area contributed by atoms with Gasteiger partial charge in [0.15, 0.2) is 0 Å². The Balaban J connectivity index is 0.00000272. The summed E-state index contributed by atoms with van der Waals surface area (Å²) in [7, 11) is 0. The number of amides is 1. The molecule has 4 nitrogen and oxygen atoms in total. The number of carbonyl (C=O) groups is 1. The molecule has 3 aliphatic heterocycles. The number of rotatable bonds is 4. The highest BCUT2D eigenvalue weighted by Crippen LogP contribution is 2.33. The van der Waals surface area contributed by atoms with Gasteiger partial charge in [-0.05, 0) is 69.7 Å². The van der Waals surface area contributed by atoms with Crippen LogP contribution < -0.4 is 0 Å². The molecule has 174 valence electrons. The third-order valence-corrected chi connectivity index (χ3v) is 7.63. The Kier molecular flexibility index (Phi) is 9.45. The number of benzene rings is 1. The number of carbonyl (C=O) groups excluding carboxylic acids is 1. The van der Waals surface area contributed by atoms with Crippen molar-refractivity contribution >= 4 is 29.9 Å². The summed E-state index contributed by atoms with van der Waals surface area (Å²) >= 11 is 6.23. The molecule has 1 aromatic rings. The lowest BCUT2D eigenvalue weighted by atomic mass is 9.85. The van der Waals surface area contributed by atoms with Gasteiger partial charge in [0, 0.05) is 48.8 Å². The van der Waals surface area contributed by atoms with Gasteiger partial charge in [-0.25, -0.2) is 4.39 Å². The zero-order valence-electron chi connectivity index (χ0n) is 18.2. The van der Waals surface area contributed by atoms with Crippen LogP contribution in [0.2, 0.25) is 5.02 Å². The van der Waals surface area contributed by atoms with Crippen LogP contribution in [0.25, 0.3) is 0 Å². The molecule has 7 heteroatoms. The van der Waals surface area contributed by atoms with E-state index in [-0.39, 0.29) is 24.1 Å². The molecule has 1 atom stereocenters. The van der Waals surface area contributed by atoms with Crippen LogP contribution in [0.3, 0.4) is 0 Å². The Morgan fingerprint density at radius 1 is 1.03 bits per heavy atom. The van der Waals surface area contributed by atoms with E-state index in [0.29, 0.717) is 48.2 Å². The van der Waals surface area contributed by atoms with Crippen molar-refractivity contribution in [3.05, 3.63) is 34.6 Å². The van der Waals surface area contributed by atoms with Crippen molar-refractivity contribution in [2.45, 2.75) is 64.0 Å². The first-order valence-corrected chi connectivity index (χ1v) is 12.0. The lowest BCUT2D eigenvalue weighted by Crippen LogP contribution is -2.50. The first kappa shape index (κ1) is 24.8. The van der Waals surface area contributed by atoms with Crippen molar-refractivity contribution < 1.29 is 13.9 Å². The molecule has 3 heterocycles. The Hall–Kier alpha value is -0.880. The van der Waals surface area contributed by atoms with Crippen LogP contribution in [0.1, 0.15) is 56.9 Å².